The van der Waals surface area contributed by atoms with Crippen LogP contribution in [0.2, 0.25) is 0 Å². The maximum absolute atomic E-state index is 12.4. The van der Waals surface area contributed by atoms with Gasteiger partial charge < -0.3 is 55.9 Å². The first-order valence-corrected chi connectivity index (χ1v) is 19.2. The number of nitrogen functional groups attached to an aromatic ring is 2. The van der Waals surface area contributed by atoms with Crippen molar-refractivity contribution in [2.24, 2.45) is 14.1 Å². The molecule has 0 aromatic carbocycles. The van der Waals surface area contributed by atoms with Crippen LogP contribution in [0.5, 0.6) is 0 Å². The van der Waals surface area contributed by atoms with Gasteiger partial charge >= 0.3 is 26.9 Å². The standard InChI is InChI=1S/C26H38N10O17P2/c1-33-9-35(19-13(33)21(41)31-25(27)29-19)23-17(39)15(37)11(52-23)7-50-54(43,44)48-5-3-47-4-6-49-55(45,46)51-8-12-16(38)18(40)24(53-12)36-10-34(2)14-20(36)30-26(28)32-22(14)42/h9-12,15-18,23-24,37-40H,3-8H2,1-2H3,(H6-2,27,28,29,30,31,32,41,42,43,44,45,46)/p+2/t11-,12+,15+,16-,17?,18?,23-,24+. The lowest BCUT2D eigenvalue weighted by Crippen LogP contribution is -2.46. The number of nitrogens with two attached hydrogens (primary N) is 2. The minimum atomic E-state index is -4.73. The molecule has 55 heavy (non-hydrogen) atoms. The number of hydrogen-bond donors (Lipinski definition) is 10. The molecule has 10 atom stereocenters. The van der Waals surface area contributed by atoms with Gasteiger partial charge in [-0.15, -0.1) is 0 Å². The minimum Gasteiger partial charge on any atom is -0.387 e. The van der Waals surface area contributed by atoms with E-state index in [0.717, 1.165) is 0 Å². The van der Waals surface area contributed by atoms with Gasteiger partial charge in [0, 0.05) is 0 Å². The smallest absolute Gasteiger partial charge is 0.387 e. The average Bonchev–Trinajstić information content (AvgIpc) is 3.79. The average molecular weight is 827 g/mol. The molecule has 2 aliphatic rings. The second-order valence-corrected chi connectivity index (χ2v) is 15.3. The number of phosphoric acid groups is 2. The molecular weight excluding hydrogens is 786 g/mol. The number of aromatic amines is 2. The quantitative estimate of drug-likeness (QED) is 0.0287. The van der Waals surface area contributed by atoms with Crippen molar-refractivity contribution in [2.75, 3.05) is 51.1 Å². The number of aliphatic hydroxyl groups excluding tert-OH is 4. The predicted molar refractivity (Wildman–Crippen MR) is 178 cm³/mol. The van der Waals surface area contributed by atoms with Crippen LogP contribution >= 0.6 is 15.6 Å². The maximum Gasteiger partial charge on any atom is 0.472 e. The fourth-order valence-corrected chi connectivity index (χ4v) is 7.47. The third kappa shape index (κ3) is 8.65. The number of nitrogens with zero attached hydrogens (tertiary/aromatic N) is 6. The molecule has 4 unspecified atom stereocenters. The number of nitrogens with one attached hydrogen (secondary N) is 2. The van der Waals surface area contributed by atoms with Crippen LogP contribution in [-0.4, -0.2) is 136 Å². The van der Waals surface area contributed by atoms with Crippen molar-refractivity contribution in [1.29, 1.82) is 0 Å². The van der Waals surface area contributed by atoms with Crippen molar-refractivity contribution in [2.45, 2.75) is 49.1 Å². The molecule has 0 spiro atoms. The second-order valence-electron chi connectivity index (χ2n) is 12.4. The van der Waals surface area contributed by atoms with Crippen molar-refractivity contribution in [3.8, 4) is 0 Å². The molecule has 2 saturated heterocycles. The van der Waals surface area contributed by atoms with Crippen molar-refractivity contribution < 1.29 is 80.8 Å². The third-order valence-corrected chi connectivity index (χ3v) is 10.5. The summed E-state index contributed by atoms with van der Waals surface area (Å²) in [6, 6.07) is 0. The Kier molecular flexibility index (Phi) is 11.9. The lowest BCUT2D eigenvalue weighted by atomic mass is 10.1. The van der Waals surface area contributed by atoms with E-state index in [9.17, 15) is 48.9 Å². The highest BCUT2D eigenvalue weighted by Crippen LogP contribution is 2.45. The number of imidazole rings is 2. The fraction of sp³-hybridized carbons (Fsp3) is 0.615. The van der Waals surface area contributed by atoms with Gasteiger partial charge in [-0.1, -0.05) is 9.97 Å². The van der Waals surface area contributed by atoms with E-state index < -0.39 is 102 Å². The molecule has 0 saturated carbocycles. The number of anilines is 2. The number of fused-ring (bicyclic) bond motifs is 2. The Balaban J connectivity index is 0.898. The zero-order valence-electron chi connectivity index (χ0n) is 28.9. The number of aliphatic hydroxyl groups is 4. The molecule has 29 heteroatoms. The molecule has 304 valence electrons. The van der Waals surface area contributed by atoms with E-state index in [1.165, 1.54) is 30.9 Å². The lowest BCUT2D eigenvalue weighted by molar-refractivity contribution is -0.746. The summed E-state index contributed by atoms with van der Waals surface area (Å²) in [4.78, 5) is 57.6. The molecule has 4 aromatic rings. The molecule has 4 aromatic heterocycles. The van der Waals surface area contributed by atoms with E-state index in [2.05, 4.69) is 19.9 Å². The van der Waals surface area contributed by atoms with E-state index in [1.54, 1.807) is 14.1 Å². The second kappa shape index (κ2) is 16.0. The highest BCUT2D eigenvalue weighted by molar-refractivity contribution is 7.47. The molecule has 2 aliphatic heterocycles. The Hall–Kier alpha value is -3.76. The van der Waals surface area contributed by atoms with Crippen LogP contribution in [0.4, 0.5) is 11.9 Å². The van der Waals surface area contributed by atoms with Crippen LogP contribution in [0.3, 0.4) is 0 Å². The number of aryl methyl sites for hydroxylation is 2. The van der Waals surface area contributed by atoms with E-state index in [1.807, 2.05) is 0 Å². The van der Waals surface area contributed by atoms with Crippen molar-refractivity contribution in [3.05, 3.63) is 33.4 Å². The van der Waals surface area contributed by atoms with E-state index >= 15 is 0 Å². The largest absolute Gasteiger partial charge is 0.472 e. The summed E-state index contributed by atoms with van der Waals surface area (Å²) >= 11 is 0. The minimum absolute atomic E-state index is 0.0495. The molecule has 0 radical (unpaired) electrons. The SMILES string of the molecule is Cn1c[n+]([C@@H]2O[C@H](COP(=O)(O)OCCOCCOP(=O)(O)OC[C@@H]3O[C@H]([n+]4cn(C)c5c(=O)[nH]c(N)nc54)C(O)[C@@H]3O)[C@H](O)C2O)c2nc(N)[nH]c(=O)c21. The number of H-pyrrole nitrogens is 2. The van der Waals surface area contributed by atoms with Crippen LogP contribution in [0.25, 0.3) is 22.3 Å². The van der Waals surface area contributed by atoms with Gasteiger partial charge in [0.15, 0.2) is 12.7 Å². The van der Waals surface area contributed by atoms with Crippen molar-refractivity contribution in [3.63, 3.8) is 0 Å². The van der Waals surface area contributed by atoms with Gasteiger partial charge in [0.05, 0.1) is 53.7 Å². The summed E-state index contributed by atoms with van der Waals surface area (Å²) in [6.07, 6.45) is -8.66. The highest BCUT2D eigenvalue weighted by atomic mass is 31.2. The lowest BCUT2D eigenvalue weighted by Gasteiger charge is -2.17. The Morgan fingerprint density at radius 2 is 1.09 bits per heavy atom. The van der Waals surface area contributed by atoms with Crippen LogP contribution < -0.4 is 31.7 Å². The maximum atomic E-state index is 12.4. The monoisotopic (exact) mass is 826 g/mol. The van der Waals surface area contributed by atoms with Crippen LogP contribution in [0, 0.1) is 0 Å². The normalized spacial score (nSPS) is 27.9. The fourth-order valence-electron chi connectivity index (χ4n) is 6.04. The van der Waals surface area contributed by atoms with Gasteiger partial charge in [0.1, 0.15) is 36.6 Å². The van der Waals surface area contributed by atoms with Crippen molar-refractivity contribution >= 4 is 49.9 Å². The molecule has 27 nitrogen and oxygen atoms in total. The molecule has 6 heterocycles. The molecular formula is C26H40N10O17P2+2. The van der Waals surface area contributed by atoms with E-state index in [0.29, 0.717) is 0 Å². The zero-order valence-corrected chi connectivity index (χ0v) is 30.7. The first-order chi connectivity index (χ1) is 25.9. The Morgan fingerprint density at radius 3 is 1.47 bits per heavy atom. The zero-order chi connectivity index (χ0) is 40.0. The van der Waals surface area contributed by atoms with E-state index in [-0.39, 0.29) is 47.4 Å². The van der Waals surface area contributed by atoms with Gasteiger partial charge in [-0.05, 0) is 0 Å². The van der Waals surface area contributed by atoms with Gasteiger partial charge in [0.2, 0.25) is 23.5 Å². The number of aromatic nitrogens is 8. The Morgan fingerprint density at radius 1 is 0.709 bits per heavy atom. The summed E-state index contributed by atoms with van der Waals surface area (Å²) in [5.41, 5.74) is 10.5. The first-order valence-electron chi connectivity index (χ1n) is 16.2. The number of rotatable bonds is 16. The summed E-state index contributed by atoms with van der Waals surface area (Å²) in [7, 11) is -6.39. The summed E-state index contributed by atoms with van der Waals surface area (Å²) in [5.74, 6) is -0.397. The molecule has 2 fully saturated rings. The highest BCUT2D eigenvalue weighted by Gasteiger charge is 2.49. The third-order valence-electron chi connectivity index (χ3n) is 8.57. The number of ether oxygens (including phenoxy) is 3. The van der Waals surface area contributed by atoms with Gasteiger partial charge in [-0.25, -0.2) is 18.3 Å². The van der Waals surface area contributed by atoms with Crippen LogP contribution in [0.15, 0.2) is 22.2 Å². The Labute approximate surface area is 307 Å². The first kappa shape index (κ1) is 40.9. The Bertz CT molecular complexity index is 2090. The molecule has 0 amide bonds. The molecule has 12 N–H and O–H groups in total. The topological polar surface area (TPSA) is 381 Å². The molecule has 0 bridgehead atoms. The number of phosphoric ester groups is 2. The predicted octanol–water partition coefficient (Wildman–Crippen LogP) is -5.20. The number of hydrogen-bond acceptors (Lipinski definition) is 19. The van der Waals surface area contributed by atoms with Crippen LogP contribution in [-0.2, 0) is 55.5 Å². The van der Waals surface area contributed by atoms with E-state index in [4.69, 9.17) is 43.8 Å². The van der Waals surface area contributed by atoms with Gasteiger partial charge in [-0.3, -0.25) is 46.8 Å². The van der Waals surface area contributed by atoms with Gasteiger partial charge in [0.25, 0.3) is 23.0 Å². The summed E-state index contributed by atoms with van der Waals surface area (Å²) < 4.78 is 66.2. The summed E-state index contributed by atoms with van der Waals surface area (Å²) in [5, 5.41) is 42.3. The van der Waals surface area contributed by atoms with Gasteiger partial charge in [-0.2, -0.15) is 0 Å². The summed E-state index contributed by atoms with van der Waals surface area (Å²) in [6.45, 7) is -2.96. The van der Waals surface area contributed by atoms with Crippen LogP contribution in [0.1, 0.15) is 12.5 Å². The molecule has 0 aliphatic carbocycles. The molecule has 6 rings (SSSR count). The van der Waals surface area contributed by atoms with Crippen molar-refractivity contribution in [1.82, 2.24) is 29.1 Å².